The van der Waals surface area contributed by atoms with Gasteiger partial charge in [-0.05, 0) is 41.8 Å². The largest absolute Gasteiger partial charge is 0.308 e. The maximum absolute atomic E-state index is 13.0. The monoisotopic (exact) mass is 293 g/mol. The van der Waals surface area contributed by atoms with Gasteiger partial charge in [0.1, 0.15) is 5.82 Å². The van der Waals surface area contributed by atoms with Gasteiger partial charge in [0.25, 0.3) is 5.56 Å². The van der Waals surface area contributed by atoms with Crippen LogP contribution in [0.15, 0.2) is 41.2 Å². The number of hydrogen-bond acceptors (Lipinski definition) is 1. The second-order valence-electron chi connectivity index (χ2n) is 5.19. The molecular formula is C16H17ClFNO. The van der Waals surface area contributed by atoms with E-state index in [9.17, 15) is 9.18 Å². The number of aromatic nitrogens is 1. The number of nitrogens with zero attached hydrogens (tertiary/aromatic N) is 1. The third-order valence-corrected chi connectivity index (χ3v) is 3.37. The van der Waals surface area contributed by atoms with Crippen molar-refractivity contribution in [3.8, 4) is 11.3 Å². The summed E-state index contributed by atoms with van der Waals surface area (Å²) in [5.74, 6) is 0.238. The zero-order valence-electron chi connectivity index (χ0n) is 11.6. The van der Waals surface area contributed by atoms with Crippen molar-refractivity contribution in [1.29, 1.82) is 0 Å². The first-order valence-corrected chi connectivity index (χ1v) is 7.11. The number of hydrogen-bond donors (Lipinski definition) is 0. The summed E-state index contributed by atoms with van der Waals surface area (Å²) in [6.45, 7) is 4.71. The van der Waals surface area contributed by atoms with Gasteiger partial charge in [0.2, 0.25) is 0 Å². The Morgan fingerprint density at radius 2 is 1.80 bits per heavy atom. The lowest BCUT2D eigenvalue weighted by Gasteiger charge is -2.16. The maximum Gasteiger partial charge on any atom is 0.255 e. The van der Waals surface area contributed by atoms with Crippen LogP contribution in [-0.2, 0) is 12.4 Å². The molecule has 2 aromatic rings. The van der Waals surface area contributed by atoms with Crippen molar-refractivity contribution in [2.45, 2.75) is 26.3 Å². The van der Waals surface area contributed by atoms with E-state index in [2.05, 4.69) is 0 Å². The third-order valence-electron chi connectivity index (χ3n) is 3.08. The highest BCUT2D eigenvalue weighted by molar-refractivity contribution is 6.17. The van der Waals surface area contributed by atoms with E-state index in [0.717, 1.165) is 11.3 Å². The molecule has 0 fully saturated rings. The van der Waals surface area contributed by atoms with Crippen molar-refractivity contribution in [2.24, 2.45) is 5.92 Å². The maximum atomic E-state index is 13.0. The summed E-state index contributed by atoms with van der Waals surface area (Å²) in [7, 11) is 0. The normalized spacial score (nSPS) is 11.1. The van der Waals surface area contributed by atoms with Gasteiger partial charge >= 0.3 is 0 Å². The Morgan fingerprint density at radius 1 is 1.15 bits per heavy atom. The molecular weight excluding hydrogens is 277 g/mol. The van der Waals surface area contributed by atoms with Gasteiger partial charge in [0.15, 0.2) is 0 Å². The van der Waals surface area contributed by atoms with E-state index in [1.54, 1.807) is 22.8 Å². The zero-order chi connectivity index (χ0) is 14.7. The molecule has 0 spiro atoms. The SMILES string of the molecule is CC(C)Cn1c(-c2ccc(F)cc2)ccc(CCl)c1=O. The van der Waals surface area contributed by atoms with E-state index in [1.165, 1.54) is 12.1 Å². The van der Waals surface area contributed by atoms with E-state index in [4.69, 9.17) is 11.6 Å². The van der Waals surface area contributed by atoms with E-state index in [0.29, 0.717) is 18.0 Å². The summed E-state index contributed by atoms with van der Waals surface area (Å²) in [5.41, 5.74) is 2.12. The summed E-state index contributed by atoms with van der Waals surface area (Å²) < 4.78 is 14.7. The Bertz CT molecular complexity index is 647. The van der Waals surface area contributed by atoms with Crippen molar-refractivity contribution >= 4 is 11.6 Å². The Kier molecular flexibility index (Phi) is 4.61. The van der Waals surface area contributed by atoms with Gasteiger partial charge in [-0.15, -0.1) is 11.6 Å². The van der Waals surface area contributed by atoms with E-state index in [1.807, 2.05) is 19.9 Å². The molecule has 0 atom stereocenters. The van der Waals surface area contributed by atoms with Crippen LogP contribution in [0.5, 0.6) is 0 Å². The number of benzene rings is 1. The summed E-state index contributed by atoms with van der Waals surface area (Å²) in [5, 5.41) is 0. The molecule has 106 valence electrons. The predicted molar refractivity (Wildman–Crippen MR) is 80.5 cm³/mol. The fourth-order valence-corrected chi connectivity index (χ4v) is 2.35. The molecule has 0 aliphatic rings. The molecule has 0 aliphatic heterocycles. The Labute approximate surface area is 122 Å². The van der Waals surface area contributed by atoms with Gasteiger partial charge in [0.05, 0.1) is 11.6 Å². The molecule has 1 aromatic heterocycles. The molecule has 0 unspecified atom stereocenters. The van der Waals surface area contributed by atoms with E-state index in [-0.39, 0.29) is 17.3 Å². The second kappa shape index (κ2) is 6.23. The van der Waals surface area contributed by atoms with Gasteiger partial charge in [0, 0.05) is 12.1 Å². The molecule has 0 amide bonds. The fourth-order valence-electron chi connectivity index (χ4n) is 2.14. The van der Waals surface area contributed by atoms with Gasteiger partial charge in [-0.3, -0.25) is 4.79 Å². The topological polar surface area (TPSA) is 22.0 Å². The molecule has 0 saturated heterocycles. The quantitative estimate of drug-likeness (QED) is 0.780. The minimum Gasteiger partial charge on any atom is -0.308 e. The number of pyridine rings is 1. The summed E-state index contributed by atoms with van der Waals surface area (Å²) in [4.78, 5) is 12.4. The second-order valence-corrected chi connectivity index (χ2v) is 5.46. The average molecular weight is 294 g/mol. The molecule has 2 rings (SSSR count). The van der Waals surface area contributed by atoms with Crippen molar-refractivity contribution in [2.75, 3.05) is 0 Å². The highest BCUT2D eigenvalue weighted by Gasteiger charge is 2.11. The first kappa shape index (κ1) is 14.8. The molecule has 0 bridgehead atoms. The Morgan fingerprint density at radius 3 is 2.35 bits per heavy atom. The molecule has 0 saturated carbocycles. The predicted octanol–water partition coefficient (Wildman–Crippen LogP) is 4.05. The lowest BCUT2D eigenvalue weighted by Crippen LogP contribution is -2.26. The minimum absolute atomic E-state index is 0.0736. The zero-order valence-corrected chi connectivity index (χ0v) is 12.3. The number of alkyl halides is 1. The molecule has 2 nitrogen and oxygen atoms in total. The Hall–Kier alpha value is -1.61. The van der Waals surface area contributed by atoms with Crippen LogP contribution in [0.4, 0.5) is 4.39 Å². The van der Waals surface area contributed by atoms with Gasteiger partial charge in [-0.2, -0.15) is 0 Å². The van der Waals surface area contributed by atoms with Crippen LogP contribution >= 0.6 is 11.6 Å². The van der Waals surface area contributed by atoms with Crippen LogP contribution in [0.3, 0.4) is 0 Å². The fraction of sp³-hybridized carbons (Fsp3) is 0.312. The van der Waals surface area contributed by atoms with Gasteiger partial charge in [-0.25, -0.2) is 4.39 Å². The smallest absolute Gasteiger partial charge is 0.255 e. The van der Waals surface area contributed by atoms with E-state index < -0.39 is 0 Å². The first-order chi connectivity index (χ1) is 9.52. The Balaban J connectivity index is 2.60. The van der Waals surface area contributed by atoms with Crippen LogP contribution in [0.2, 0.25) is 0 Å². The minimum atomic E-state index is -0.288. The number of halogens is 2. The summed E-state index contributed by atoms with van der Waals surface area (Å²) >= 11 is 5.80. The van der Waals surface area contributed by atoms with Crippen molar-refractivity contribution in [1.82, 2.24) is 4.57 Å². The molecule has 0 radical (unpaired) electrons. The van der Waals surface area contributed by atoms with Crippen LogP contribution in [0.25, 0.3) is 11.3 Å². The third kappa shape index (κ3) is 3.10. The molecule has 0 aliphatic carbocycles. The molecule has 20 heavy (non-hydrogen) atoms. The van der Waals surface area contributed by atoms with Crippen LogP contribution < -0.4 is 5.56 Å². The van der Waals surface area contributed by atoms with Crippen LogP contribution in [0, 0.1) is 11.7 Å². The average Bonchev–Trinajstić information content (AvgIpc) is 2.42. The lowest BCUT2D eigenvalue weighted by atomic mass is 10.1. The summed E-state index contributed by atoms with van der Waals surface area (Å²) in [6.07, 6.45) is 0. The number of rotatable bonds is 4. The van der Waals surface area contributed by atoms with Crippen LogP contribution in [-0.4, -0.2) is 4.57 Å². The van der Waals surface area contributed by atoms with Crippen molar-refractivity contribution in [3.63, 3.8) is 0 Å². The lowest BCUT2D eigenvalue weighted by molar-refractivity contribution is 0.513. The standard InChI is InChI=1S/C16H17ClFNO/c1-11(2)10-19-15(8-5-13(9-17)16(19)20)12-3-6-14(18)7-4-12/h3-8,11H,9-10H2,1-2H3. The highest BCUT2D eigenvalue weighted by Crippen LogP contribution is 2.20. The molecule has 0 N–H and O–H groups in total. The van der Waals surface area contributed by atoms with Crippen LogP contribution in [0.1, 0.15) is 19.4 Å². The van der Waals surface area contributed by atoms with E-state index >= 15 is 0 Å². The molecule has 1 aromatic carbocycles. The molecule has 4 heteroatoms. The molecule has 1 heterocycles. The van der Waals surface area contributed by atoms with Gasteiger partial charge in [-0.1, -0.05) is 19.9 Å². The highest BCUT2D eigenvalue weighted by atomic mass is 35.5. The van der Waals surface area contributed by atoms with Crippen molar-refractivity contribution in [3.05, 3.63) is 58.1 Å². The summed E-state index contributed by atoms with van der Waals surface area (Å²) in [6, 6.07) is 9.77. The van der Waals surface area contributed by atoms with Crippen molar-refractivity contribution < 1.29 is 4.39 Å². The van der Waals surface area contributed by atoms with Gasteiger partial charge < -0.3 is 4.57 Å². The first-order valence-electron chi connectivity index (χ1n) is 6.57.